The Hall–Kier alpha value is -2.50. The number of benzene rings is 1. The molecular weight excluding hydrogens is 316 g/mol. The molecule has 1 aromatic heterocycles. The number of imidazole rings is 1. The zero-order valence-corrected chi connectivity index (χ0v) is 15.2. The predicted octanol–water partition coefficient (Wildman–Crippen LogP) is 3.63. The molecular formula is C19H26N4O2. The van der Waals surface area contributed by atoms with Crippen molar-refractivity contribution in [2.75, 3.05) is 25.5 Å². The number of anilines is 1. The Bertz CT molecular complexity index is 741. The fraction of sp³-hybridized carbons (Fsp3) is 0.474. The minimum absolute atomic E-state index is 0.0736. The number of methoxy groups -OCH3 is 1. The minimum Gasteiger partial charge on any atom is -0.495 e. The molecule has 0 saturated carbocycles. The SMILES string of the molecule is CCc1nccn1C1CCCN(C(=O)Nc2c(C)cccc2OC)C1. The lowest BCUT2D eigenvalue weighted by atomic mass is 10.1. The van der Waals surface area contributed by atoms with E-state index in [0.717, 1.165) is 42.9 Å². The molecule has 1 unspecified atom stereocenters. The van der Waals surface area contributed by atoms with Crippen molar-refractivity contribution in [1.29, 1.82) is 0 Å². The average Bonchev–Trinajstić information content (AvgIpc) is 3.12. The second-order valence-corrected chi connectivity index (χ2v) is 6.43. The van der Waals surface area contributed by atoms with Crippen molar-refractivity contribution < 1.29 is 9.53 Å². The number of aromatic nitrogens is 2. The number of ether oxygens (including phenoxy) is 1. The first-order valence-corrected chi connectivity index (χ1v) is 8.85. The van der Waals surface area contributed by atoms with E-state index >= 15 is 0 Å². The Labute approximate surface area is 148 Å². The monoisotopic (exact) mass is 342 g/mol. The summed E-state index contributed by atoms with van der Waals surface area (Å²) >= 11 is 0. The van der Waals surface area contributed by atoms with Gasteiger partial charge >= 0.3 is 6.03 Å². The number of hydrogen-bond donors (Lipinski definition) is 1. The van der Waals surface area contributed by atoms with Crippen molar-refractivity contribution in [2.24, 2.45) is 0 Å². The van der Waals surface area contributed by atoms with Gasteiger partial charge in [0.05, 0.1) is 18.8 Å². The first-order chi connectivity index (χ1) is 12.1. The molecule has 2 amide bonds. The highest BCUT2D eigenvalue weighted by Gasteiger charge is 2.26. The van der Waals surface area contributed by atoms with Gasteiger partial charge in [-0.05, 0) is 31.4 Å². The molecule has 25 heavy (non-hydrogen) atoms. The molecule has 0 aliphatic carbocycles. The zero-order valence-electron chi connectivity index (χ0n) is 15.2. The maximum Gasteiger partial charge on any atom is 0.322 e. The lowest BCUT2D eigenvalue weighted by Crippen LogP contribution is -2.43. The smallest absolute Gasteiger partial charge is 0.322 e. The molecule has 1 N–H and O–H groups in total. The molecule has 0 spiro atoms. The van der Waals surface area contributed by atoms with Crippen LogP contribution in [0.25, 0.3) is 0 Å². The average molecular weight is 342 g/mol. The molecule has 1 saturated heterocycles. The van der Waals surface area contributed by atoms with Gasteiger partial charge in [0.1, 0.15) is 11.6 Å². The van der Waals surface area contributed by atoms with Crippen LogP contribution in [0.3, 0.4) is 0 Å². The van der Waals surface area contributed by atoms with E-state index in [1.807, 2.05) is 42.4 Å². The lowest BCUT2D eigenvalue weighted by Gasteiger charge is -2.34. The molecule has 134 valence electrons. The normalized spacial score (nSPS) is 17.4. The molecule has 6 nitrogen and oxygen atoms in total. The number of para-hydroxylation sites is 1. The molecule has 6 heteroatoms. The van der Waals surface area contributed by atoms with Gasteiger partial charge in [0.15, 0.2) is 0 Å². The van der Waals surface area contributed by atoms with Crippen LogP contribution in [-0.2, 0) is 6.42 Å². The fourth-order valence-electron chi connectivity index (χ4n) is 3.47. The van der Waals surface area contributed by atoms with Crippen molar-refractivity contribution in [1.82, 2.24) is 14.5 Å². The Morgan fingerprint density at radius 2 is 2.28 bits per heavy atom. The van der Waals surface area contributed by atoms with Gasteiger partial charge in [-0.1, -0.05) is 19.1 Å². The molecule has 2 heterocycles. The van der Waals surface area contributed by atoms with Crippen molar-refractivity contribution in [3.63, 3.8) is 0 Å². The number of urea groups is 1. The van der Waals surface area contributed by atoms with E-state index in [9.17, 15) is 4.79 Å². The van der Waals surface area contributed by atoms with E-state index in [4.69, 9.17) is 4.74 Å². The molecule has 0 bridgehead atoms. The summed E-state index contributed by atoms with van der Waals surface area (Å²) < 4.78 is 7.60. The van der Waals surface area contributed by atoms with Gasteiger partial charge in [-0.25, -0.2) is 9.78 Å². The van der Waals surface area contributed by atoms with Crippen LogP contribution < -0.4 is 10.1 Å². The van der Waals surface area contributed by atoms with Crippen LogP contribution in [0.4, 0.5) is 10.5 Å². The van der Waals surface area contributed by atoms with E-state index in [1.165, 1.54) is 0 Å². The van der Waals surface area contributed by atoms with Gasteiger partial charge in [-0.2, -0.15) is 0 Å². The molecule has 1 fully saturated rings. The van der Waals surface area contributed by atoms with Crippen molar-refractivity contribution >= 4 is 11.7 Å². The number of likely N-dealkylation sites (tertiary alicyclic amines) is 1. The number of nitrogens with one attached hydrogen (secondary N) is 1. The highest BCUT2D eigenvalue weighted by molar-refractivity contribution is 5.92. The van der Waals surface area contributed by atoms with E-state index in [1.54, 1.807) is 7.11 Å². The number of nitrogens with zero attached hydrogens (tertiary/aromatic N) is 3. The summed E-state index contributed by atoms with van der Waals surface area (Å²) in [6.45, 7) is 5.54. The number of carbonyl (C=O) groups is 1. The number of piperidine rings is 1. The summed E-state index contributed by atoms with van der Waals surface area (Å²) in [5, 5.41) is 3.03. The van der Waals surface area contributed by atoms with Crippen molar-refractivity contribution in [3.8, 4) is 5.75 Å². The van der Waals surface area contributed by atoms with Crippen LogP contribution in [0.5, 0.6) is 5.75 Å². The third-order valence-electron chi connectivity index (χ3n) is 4.83. The first-order valence-electron chi connectivity index (χ1n) is 8.85. The highest BCUT2D eigenvalue weighted by atomic mass is 16.5. The number of hydrogen-bond acceptors (Lipinski definition) is 3. The van der Waals surface area contributed by atoms with E-state index < -0.39 is 0 Å². The Balaban J connectivity index is 1.73. The summed E-state index contributed by atoms with van der Waals surface area (Å²) in [7, 11) is 1.62. The highest BCUT2D eigenvalue weighted by Crippen LogP contribution is 2.29. The topological polar surface area (TPSA) is 59.4 Å². The number of rotatable bonds is 4. The number of carbonyl (C=O) groups excluding carboxylic acids is 1. The summed E-state index contributed by atoms with van der Waals surface area (Å²) in [6, 6.07) is 5.97. The molecule has 1 aliphatic rings. The van der Waals surface area contributed by atoms with Gasteiger partial charge < -0.3 is 19.5 Å². The van der Waals surface area contributed by atoms with E-state index in [2.05, 4.69) is 21.8 Å². The standard InChI is InChI=1S/C19H26N4O2/c1-4-17-20-10-12-23(17)15-8-6-11-22(13-15)19(24)21-18-14(2)7-5-9-16(18)25-3/h5,7,9-10,12,15H,4,6,8,11,13H2,1-3H3,(H,21,24). The molecule has 1 aliphatic heterocycles. The van der Waals surface area contributed by atoms with Crippen LogP contribution in [-0.4, -0.2) is 40.7 Å². The summed E-state index contributed by atoms with van der Waals surface area (Å²) in [5.41, 5.74) is 1.73. The third kappa shape index (κ3) is 3.62. The molecule has 2 aromatic rings. The van der Waals surface area contributed by atoms with Crippen LogP contribution in [0.2, 0.25) is 0 Å². The van der Waals surface area contributed by atoms with E-state index in [-0.39, 0.29) is 12.1 Å². The summed E-state index contributed by atoms with van der Waals surface area (Å²) in [4.78, 5) is 19.1. The van der Waals surface area contributed by atoms with Crippen molar-refractivity contribution in [2.45, 2.75) is 39.2 Å². The number of amides is 2. The third-order valence-corrected chi connectivity index (χ3v) is 4.83. The first kappa shape index (κ1) is 17.3. The van der Waals surface area contributed by atoms with Gasteiger partial charge in [0.25, 0.3) is 0 Å². The maximum absolute atomic E-state index is 12.8. The second-order valence-electron chi connectivity index (χ2n) is 6.43. The van der Waals surface area contributed by atoms with Crippen LogP contribution in [0.15, 0.2) is 30.6 Å². The molecule has 3 rings (SSSR count). The quantitative estimate of drug-likeness (QED) is 0.923. The largest absolute Gasteiger partial charge is 0.495 e. The van der Waals surface area contributed by atoms with Crippen LogP contribution in [0.1, 0.15) is 37.2 Å². The Morgan fingerprint density at radius 3 is 3.04 bits per heavy atom. The fourth-order valence-corrected chi connectivity index (χ4v) is 3.47. The second kappa shape index (κ2) is 7.59. The van der Waals surface area contributed by atoms with Gasteiger partial charge in [-0.15, -0.1) is 0 Å². The lowest BCUT2D eigenvalue weighted by molar-refractivity contribution is 0.178. The van der Waals surface area contributed by atoms with E-state index in [0.29, 0.717) is 12.3 Å². The van der Waals surface area contributed by atoms with Crippen LogP contribution in [0, 0.1) is 6.92 Å². The number of aryl methyl sites for hydroxylation is 2. The van der Waals surface area contributed by atoms with Gasteiger partial charge in [-0.3, -0.25) is 0 Å². The zero-order chi connectivity index (χ0) is 17.8. The molecule has 1 atom stereocenters. The van der Waals surface area contributed by atoms with Crippen molar-refractivity contribution in [3.05, 3.63) is 42.0 Å². The molecule has 1 aromatic carbocycles. The molecule has 0 radical (unpaired) electrons. The minimum atomic E-state index is -0.0736. The summed E-state index contributed by atoms with van der Waals surface area (Å²) in [5.74, 6) is 1.76. The Morgan fingerprint density at radius 1 is 1.44 bits per heavy atom. The predicted molar refractivity (Wildman–Crippen MR) is 98.2 cm³/mol. The van der Waals surface area contributed by atoms with Crippen LogP contribution >= 0.6 is 0 Å². The van der Waals surface area contributed by atoms with Gasteiger partial charge in [0.2, 0.25) is 0 Å². The Kier molecular flexibility index (Phi) is 5.26. The van der Waals surface area contributed by atoms with Gasteiger partial charge in [0, 0.05) is 31.9 Å². The summed E-state index contributed by atoms with van der Waals surface area (Å²) in [6.07, 6.45) is 6.83. The maximum atomic E-state index is 12.8.